The Morgan fingerprint density at radius 2 is 2.33 bits per heavy atom. The molecule has 18 heavy (non-hydrogen) atoms. The normalized spacial score (nSPS) is 25.0. The molecule has 2 heterocycles. The van der Waals surface area contributed by atoms with E-state index in [1.807, 2.05) is 0 Å². The fraction of sp³-hybridized carbons (Fsp3) is 0.700. The van der Waals surface area contributed by atoms with E-state index in [2.05, 4.69) is 27.4 Å². The molecule has 1 aromatic rings. The van der Waals surface area contributed by atoms with E-state index in [0.29, 0.717) is 24.3 Å². The van der Waals surface area contributed by atoms with Crippen LogP contribution in [0.15, 0.2) is 0 Å². The Morgan fingerprint density at radius 3 is 2.94 bits per heavy atom. The van der Waals surface area contributed by atoms with Crippen molar-refractivity contribution >= 4 is 22.4 Å². The molecule has 100 valence electrons. The van der Waals surface area contributed by atoms with E-state index >= 15 is 0 Å². The number of carbonyl (C=O) groups is 1. The van der Waals surface area contributed by atoms with Crippen LogP contribution in [0.5, 0.6) is 0 Å². The maximum absolute atomic E-state index is 11.3. The van der Waals surface area contributed by atoms with Crippen LogP contribution in [0.4, 0.5) is 5.13 Å². The predicted octanol–water partition coefficient (Wildman–Crippen LogP) is -0.0905. The first-order valence-corrected chi connectivity index (χ1v) is 6.74. The minimum atomic E-state index is -0.214. The van der Waals surface area contributed by atoms with Crippen molar-refractivity contribution < 1.29 is 4.79 Å². The van der Waals surface area contributed by atoms with E-state index in [0.717, 1.165) is 17.8 Å². The summed E-state index contributed by atoms with van der Waals surface area (Å²) in [6.45, 7) is 3.53. The molecule has 0 aliphatic carbocycles. The molecule has 0 aromatic carbocycles. The van der Waals surface area contributed by atoms with Crippen molar-refractivity contribution in [3.8, 4) is 0 Å². The molecule has 0 saturated carbocycles. The van der Waals surface area contributed by atoms with Gasteiger partial charge in [-0.05, 0) is 19.8 Å². The molecule has 2 atom stereocenters. The van der Waals surface area contributed by atoms with E-state index in [-0.39, 0.29) is 11.8 Å². The number of hydrogen-bond donors (Lipinski definition) is 3. The second-order valence-electron chi connectivity index (χ2n) is 4.60. The third-order valence-corrected chi connectivity index (χ3v) is 4.18. The van der Waals surface area contributed by atoms with Gasteiger partial charge >= 0.3 is 0 Å². The van der Waals surface area contributed by atoms with E-state index < -0.39 is 0 Å². The number of primary amides is 1. The molecule has 0 spiro atoms. The molecule has 1 aromatic heterocycles. The fourth-order valence-corrected chi connectivity index (χ4v) is 2.86. The lowest BCUT2D eigenvalue weighted by molar-refractivity contribution is -0.124. The highest BCUT2D eigenvalue weighted by molar-refractivity contribution is 7.15. The van der Waals surface area contributed by atoms with Crippen molar-refractivity contribution in [2.75, 3.05) is 12.0 Å². The smallest absolute Gasteiger partial charge is 0.221 e. The zero-order valence-electron chi connectivity index (χ0n) is 10.3. The van der Waals surface area contributed by atoms with Gasteiger partial charge < -0.3 is 5.73 Å². The summed E-state index contributed by atoms with van der Waals surface area (Å²) < 4.78 is 0. The molecular formula is C10H18N6OS. The Morgan fingerprint density at radius 1 is 1.56 bits per heavy atom. The highest BCUT2D eigenvalue weighted by Gasteiger charge is 2.29. The van der Waals surface area contributed by atoms with Gasteiger partial charge in [-0.3, -0.25) is 15.1 Å². The first kappa shape index (κ1) is 13.2. The largest absolute Gasteiger partial charge is 0.369 e. The van der Waals surface area contributed by atoms with Crippen molar-refractivity contribution in [1.29, 1.82) is 0 Å². The van der Waals surface area contributed by atoms with Crippen LogP contribution in [0.1, 0.15) is 24.8 Å². The van der Waals surface area contributed by atoms with Crippen LogP contribution in [-0.2, 0) is 11.3 Å². The molecule has 1 amide bonds. The number of nitrogen functional groups attached to an aromatic ring is 1. The van der Waals surface area contributed by atoms with Crippen molar-refractivity contribution in [2.24, 2.45) is 17.5 Å². The van der Waals surface area contributed by atoms with E-state index in [9.17, 15) is 4.79 Å². The molecule has 1 saturated heterocycles. The molecular weight excluding hydrogens is 252 g/mol. The van der Waals surface area contributed by atoms with E-state index in [1.165, 1.54) is 11.3 Å². The van der Waals surface area contributed by atoms with Crippen LogP contribution >= 0.6 is 11.3 Å². The van der Waals surface area contributed by atoms with Gasteiger partial charge in [-0.15, -0.1) is 10.2 Å². The number of carbonyl (C=O) groups excluding carboxylic acids is 1. The summed E-state index contributed by atoms with van der Waals surface area (Å²) >= 11 is 1.42. The summed E-state index contributed by atoms with van der Waals surface area (Å²) in [6.07, 6.45) is 1.85. The number of rotatable bonds is 4. The maximum atomic E-state index is 11.3. The second kappa shape index (κ2) is 5.59. The molecule has 7 nitrogen and oxygen atoms in total. The number of nitrogens with zero attached hydrogens (tertiary/aromatic N) is 3. The standard InChI is InChI=1S/C10H18N6OS/c1-6-2-3-7(9(11)17)4-16(6)5-8-14-15-10(13-12)18-8/h6-7H,2-5,12H2,1H3,(H2,11,17)(H,13,15). The highest BCUT2D eigenvalue weighted by Crippen LogP contribution is 2.25. The second-order valence-corrected chi connectivity index (χ2v) is 5.66. The van der Waals surface area contributed by atoms with Crippen LogP contribution in [0.2, 0.25) is 0 Å². The van der Waals surface area contributed by atoms with Crippen LogP contribution in [0.3, 0.4) is 0 Å². The quantitative estimate of drug-likeness (QED) is 0.521. The first-order chi connectivity index (χ1) is 8.60. The lowest BCUT2D eigenvalue weighted by Gasteiger charge is -2.36. The Labute approximate surface area is 110 Å². The lowest BCUT2D eigenvalue weighted by Crippen LogP contribution is -2.45. The summed E-state index contributed by atoms with van der Waals surface area (Å²) in [5.41, 5.74) is 7.85. The SMILES string of the molecule is CC1CCC(C(N)=O)CN1Cc1nnc(NN)s1. The summed E-state index contributed by atoms with van der Waals surface area (Å²) in [5, 5.41) is 9.43. The molecule has 1 aliphatic rings. The van der Waals surface area contributed by atoms with Gasteiger partial charge in [0.05, 0.1) is 12.5 Å². The van der Waals surface area contributed by atoms with Gasteiger partial charge in [0.2, 0.25) is 11.0 Å². The fourth-order valence-electron chi connectivity index (χ4n) is 2.18. The van der Waals surface area contributed by atoms with Gasteiger partial charge in [0.15, 0.2) is 0 Å². The number of piperidine rings is 1. The number of nitrogens with two attached hydrogens (primary N) is 2. The van der Waals surface area contributed by atoms with E-state index in [4.69, 9.17) is 11.6 Å². The van der Waals surface area contributed by atoms with Crippen LogP contribution < -0.4 is 17.0 Å². The highest BCUT2D eigenvalue weighted by atomic mass is 32.1. The molecule has 2 unspecified atom stereocenters. The minimum absolute atomic E-state index is 0.0544. The van der Waals surface area contributed by atoms with Gasteiger partial charge in [-0.25, -0.2) is 5.84 Å². The summed E-state index contributed by atoms with van der Waals surface area (Å²) in [5.74, 6) is 5.00. The Hall–Kier alpha value is -1.25. The van der Waals surface area contributed by atoms with Crippen molar-refractivity contribution in [1.82, 2.24) is 15.1 Å². The van der Waals surface area contributed by atoms with Gasteiger partial charge in [0.1, 0.15) is 5.01 Å². The summed E-state index contributed by atoms with van der Waals surface area (Å²) in [7, 11) is 0. The average molecular weight is 270 g/mol. The number of amides is 1. The molecule has 1 aliphatic heterocycles. The Bertz CT molecular complexity index is 422. The topological polar surface area (TPSA) is 110 Å². The number of hydrogen-bond acceptors (Lipinski definition) is 7. The average Bonchev–Trinajstić information content (AvgIpc) is 2.79. The Kier molecular flexibility index (Phi) is 4.10. The van der Waals surface area contributed by atoms with Gasteiger partial charge in [0, 0.05) is 12.6 Å². The lowest BCUT2D eigenvalue weighted by atomic mass is 9.93. The van der Waals surface area contributed by atoms with Crippen LogP contribution in [-0.4, -0.2) is 33.6 Å². The predicted molar refractivity (Wildman–Crippen MR) is 69.5 cm³/mol. The van der Waals surface area contributed by atoms with Crippen molar-refractivity contribution in [3.63, 3.8) is 0 Å². The molecule has 2 rings (SSSR count). The minimum Gasteiger partial charge on any atom is -0.369 e. The Balaban J connectivity index is 1.99. The van der Waals surface area contributed by atoms with Crippen LogP contribution in [0, 0.1) is 5.92 Å². The molecule has 5 N–H and O–H groups in total. The van der Waals surface area contributed by atoms with Crippen molar-refractivity contribution in [2.45, 2.75) is 32.4 Å². The number of nitrogens with one attached hydrogen (secondary N) is 1. The third kappa shape index (κ3) is 2.95. The molecule has 8 heteroatoms. The number of likely N-dealkylation sites (tertiary alicyclic amines) is 1. The summed E-state index contributed by atoms with van der Waals surface area (Å²) in [4.78, 5) is 13.5. The van der Waals surface area contributed by atoms with Gasteiger partial charge in [-0.2, -0.15) is 0 Å². The monoisotopic (exact) mass is 270 g/mol. The number of aromatic nitrogens is 2. The van der Waals surface area contributed by atoms with Crippen molar-refractivity contribution in [3.05, 3.63) is 5.01 Å². The van der Waals surface area contributed by atoms with Crippen LogP contribution in [0.25, 0.3) is 0 Å². The van der Waals surface area contributed by atoms with E-state index in [1.54, 1.807) is 0 Å². The number of anilines is 1. The molecule has 0 radical (unpaired) electrons. The molecule has 0 bridgehead atoms. The molecule has 1 fully saturated rings. The maximum Gasteiger partial charge on any atom is 0.221 e. The summed E-state index contributed by atoms with van der Waals surface area (Å²) in [6, 6.07) is 0.429. The van der Waals surface area contributed by atoms with Gasteiger partial charge in [-0.1, -0.05) is 11.3 Å². The zero-order chi connectivity index (χ0) is 13.1. The van der Waals surface area contributed by atoms with Gasteiger partial charge in [0.25, 0.3) is 0 Å². The third-order valence-electron chi connectivity index (χ3n) is 3.34. The first-order valence-electron chi connectivity index (χ1n) is 5.92. The zero-order valence-corrected chi connectivity index (χ0v) is 11.1. The number of hydrazine groups is 1.